The average Bonchev–Trinajstić information content (AvgIpc) is 4.00. The molecule has 272 valence electrons. The lowest BCUT2D eigenvalue weighted by Gasteiger charge is -2.27. The molecule has 4 heteroatoms. The molecule has 58 heavy (non-hydrogen) atoms. The Hall–Kier alpha value is -6.98. The molecule has 0 saturated carbocycles. The molecule has 0 N–H and O–H groups in total. The van der Waals surface area contributed by atoms with Crippen LogP contribution in [0.2, 0.25) is 0 Å². The lowest BCUT2D eigenvalue weighted by molar-refractivity contribution is 0.670. The molecule has 0 bridgehead atoms. The predicted molar refractivity (Wildman–Crippen MR) is 250 cm³/mol. The number of rotatable bonds is 6. The summed E-state index contributed by atoms with van der Waals surface area (Å²) in [6.07, 6.45) is 0. The van der Waals surface area contributed by atoms with E-state index < -0.39 is 0 Å². The minimum Gasteiger partial charge on any atom is -0.455 e. The van der Waals surface area contributed by atoms with Crippen LogP contribution in [0.25, 0.3) is 95.7 Å². The average molecular weight is 776 g/mol. The topological polar surface area (TPSA) is 16.4 Å². The van der Waals surface area contributed by atoms with Crippen LogP contribution in [0, 0.1) is 0 Å². The maximum absolute atomic E-state index is 6.92. The van der Waals surface area contributed by atoms with E-state index in [9.17, 15) is 0 Å². The fourth-order valence-corrected chi connectivity index (χ4v) is 11.3. The van der Waals surface area contributed by atoms with E-state index in [2.05, 4.69) is 205 Å². The highest BCUT2D eigenvalue weighted by atomic mass is 32.1. The van der Waals surface area contributed by atoms with Crippen molar-refractivity contribution in [2.24, 2.45) is 0 Å². The summed E-state index contributed by atoms with van der Waals surface area (Å²) < 4.78 is 12.0. The van der Waals surface area contributed by atoms with Crippen molar-refractivity contribution in [1.82, 2.24) is 0 Å². The molecule has 3 aromatic heterocycles. The van der Waals surface area contributed by atoms with Gasteiger partial charge in [0, 0.05) is 57.7 Å². The van der Waals surface area contributed by atoms with Gasteiger partial charge in [-0.15, -0.1) is 22.7 Å². The number of anilines is 3. The van der Waals surface area contributed by atoms with Gasteiger partial charge >= 0.3 is 0 Å². The Bertz CT molecular complexity index is 3510. The van der Waals surface area contributed by atoms with Gasteiger partial charge in [0.05, 0.1) is 16.1 Å². The van der Waals surface area contributed by atoms with E-state index in [0.717, 1.165) is 61.3 Å². The summed E-state index contributed by atoms with van der Waals surface area (Å²) >= 11 is 3.74. The summed E-state index contributed by atoms with van der Waals surface area (Å²) in [4.78, 5) is 2.51. The van der Waals surface area contributed by atoms with Crippen molar-refractivity contribution in [2.45, 2.75) is 0 Å². The van der Waals surface area contributed by atoms with Crippen molar-refractivity contribution in [3.05, 3.63) is 200 Å². The van der Waals surface area contributed by atoms with Crippen molar-refractivity contribution < 1.29 is 4.42 Å². The van der Waals surface area contributed by atoms with Gasteiger partial charge in [-0.1, -0.05) is 152 Å². The molecule has 0 atom stereocenters. The monoisotopic (exact) mass is 775 g/mol. The Morgan fingerprint density at radius 3 is 1.67 bits per heavy atom. The molecule has 0 aliphatic rings. The number of hydrogen-bond donors (Lipinski definition) is 0. The van der Waals surface area contributed by atoms with E-state index >= 15 is 0 Å². The zero-order chi connectivity index (χ0) is 38.2. The van der Waals surface area contributed by atoms with Crippen molar-refractivity contribution in [1.29, 1.82) is 0 Å². The Morgan fingerprint density at radius 2 is 0.931 bits per heavy atom. The third-order valence-electron chi connectivity index (χ3n) is 11.5. The number of thiophene rings is 2. The third kappa shape index (κ3) is 5.16. The fourth-order valence-electron chi connectivity index (χ4n) is 8.87. The zero-order valence-electron chi connectivity index (χ0n) is 31.2. The Kier molecular flexibility index (Phi) is 7.62. The summed E-state index contributed by atoms with van der Waals surface area (Å²) in [7, 11) is 0. The van der Waals surface area contributed by atoms with Crippen LogP contribution in [0.5, 0.6) is 0 Å². The van der Waals surface area contributed by atoms with Crippen molar-refractivity contribution in [3.63, 3.8) is 0 Å². The van der Waals surface area contributed by atoms with E-state index in [4.69, 9.17) is 4.42 Å². The van der Waals surface area contributed by atoms with Crippen LogP contribution in [-0.4, -0.2) is 0 Å². The fraction of sp³-hybridized carbons (Fsp3) is 0. The highest BCUT2D eigenvalue weighted by Gasteiger charge is 2.25. The molecule has 2 nitrogen and oxygen atoms in total. The Labute approximate surface area is 343 Å². The van der Waals surface area contributed by atoms with Crippen molar-refractivity contribution in [3.8, 4) is 33.4 Å². The van der Waals surface area contributed by atoms with Gasteiger partial charge in [0.15, 0.2) is 0 Å². The summed E-state index contributed by atoms with van der Waals surface area (Å²) in [6, 6.07) is 72.4. The first-order chi connectivity index (χ1) is 28.8. The normalized spacial score (nSPS) is 11.8. The number of nitrogens with zero attached hydrogens (tertiary/aromatic N) is 1. The summed E-state index contributed by atoms with van der Waals surface area (Å²) in [6.45, 7) is 0. The van der Waals surface area contributed by atoms with E-state index in [1.165, 1.54) is 51.5 Å². The zero-order valence-corrected chi connectivity index (χ0v) is 32.9. The van der Waals surface area contributed by atoms with E-state index in [1.807, 2.05) is 22.7 Å². The lowest BCUT2D eigenvalue weighted by Crippen LogP contribution is -2.10. The number of fused-ring (bicyclic) bond motifs is 9. The highest BCUT2D eigenvalue weighted by Crippen LogP contribution is 2.52. The van der Waals surface area contributed by atoms with Gasteiger partial charge in [0.25, 0.3) is 0 Å². The second-order valence-corrected chi connectivity index (χ2v) is 16.9. The Morgan fingerprint density at radius 1 is 0.362 bits per heavy atom. The predicted octanol–water partition coefficient (Wildman–Crippen LogP) is 16.8. The second kappa shape index (κ2) is 13.3. The molecule has 0 spiro atoms. The van der Waals surface area contributed by atoms with E-state index in [0.29, 0.717) is 0 Å². The molecule has 0 aliphatic carbocycles. The standard InChI is InChI=1S/C54H33NOS2/c1-4-15-34(16-5-1)38-28-29-39(35-17-6-2-7-18-35)52-50(38)44-33-37(27-32-47(44)56-52)55(46-24-14-23-42-41-21-10-12-25-48(41)57-53(42)46)45-31-30-40(36-19-8-3-9-20-36)54-51(45)43-22-11-13-26-49(43)58-54/h1-33H. The molecule has 0 aliphatic heterocycles. The van der Waals surface area contributed by atoms with Gasteiger partial charge in [0.1, 0.15) is 11.2 Å². The first-order valence-electron chi connectivity index (χ1n) is 19.6. The maximum Gasteiger partial charge on any atom is 0.143 e. The van der Waals surface area contributed by atoms with Crippen LogP contribution in [-0.2, 0) is 0 Å². The van der Waals surface area contributed by atoms with Crippen LogP contribution in [0.4, 0.5) is 17.1 Å². The lowest BCUT2D eigenvalue weighted by atomic mass is 9.94. The van der Waals surface area contributed by atoms with Crippen LogP contribution in [0.1, 0.15) is 0 Å². The first-order valence-corrected chi connectivity index (χ1v) is 21.2. The minimum absolute atomic E-state index is 0.866. The molecular weight excluding hydrogens is 743 g/mol. The number of furan rings is 1. The molecule has 0 amide bonds. The number of hydrogen-bond acceptors (Lipinski definition) is 4. The summed E-state index contributed by atoms with van der Waals surface area (Å²) in [5, 5.41) is 7.28. The van der Waals surface area contributed by atoms with Gasteiger partial charge in [-0.3, -0.25) is 0 Å². The molecule has 12 aromatic rings. The van der Waals surface area contributed by atoms with Gasteiger partial charge in [-0.2, -0.15) is 0 Å². The molecule has 0 saturated heterocycles. The third-order valence-corrected chi connectivity index (χ3v) is 13.9. The van der Waals surface area contributed by atoms with Crippen molar-refractivity contribution in [2.75, 3.05) is 4.90 Å². The second-order valence-electron chi connectivity index (χ2n) is 14.8. The van der Waals surface area contributed by atoms with E-state index in [1.54, 1.807) is 0 Å². The number of benzene rings is 9. The van der Waals surface area contributed by atoms with Gasteiger partial charge in [-0.25, -0.2) is 0 Å². The Balaban J connectivity index is 1.19. The minimum atomic E-state index is 0.866. The van der Waals surface area contributed by atoms with Crippen LogP contribution < -0.4 is 4.90 Å². The molecule has 0 fully saturated rings. The molecule has 9 aromatic carbocycles. The quantitative estimate of drug-likeness (QED) is 0.167. The van der Waals surface area contributed by atoms with Crippen LogP contribution in [0.15, 0.2) is 205 Å². The smallest absolute Gasteiger partial charge is 0.143 e. The first kappa shape index (κ1) is 33.2. The highest BCUT2D eigenvalue weighted by molar-refractivity contribution is 7.27. The van der Waals surface area contributed by atoms with Gasteiger partial charge in [0.2, 0.25) is 0 Å². The molecule has 0 unspecified atom stereocenters. The van der Waals surface area contributed by atoms with E-state index in [-0.39, 0.29) is 0 Å². The largest absolute Gasteiger partial charge is 0.455 e. The maximum atomic E-state index is 6.92. The SMILES string of the molecule is c1ccc(-c2ccc(-c3ccccc3)c3c2oc2ccc(N(c4cccc5c4sc4ccccc45)c4ccc(-c5ccccc5)c5sc6ccccc6c45)cc23)cc1. The summed E-state index contributed by atoms with van der Waals surface area (Å²) in [5.41, 5.74) is 12.2. The molecular formula is C54H33NOS2. The molecule has 3 heterocycles. The van der Waals surface area contributed by atoms with Crippen LogP contribution >= 0.6 is 22.7 Å². The van der Waals surface area contributed by atoms with Gasteiger partial charge in [-0.05, 0) is 76.3 Å². The summed E-state index contributed by atoms with van der Waals surface area (Å²) in [5.74, 6) is 0. The van der Waals surface area contributed by atoms with Crippen LogP contribution in [0.3, 0.4) is 0 Å². The molecule has 0 radical (unpaired) electrons. The van der Waals surface area contributed by atoms with Gasteiger partial charge < -0.3 is 9.32 Å². The molecule has 12 rings (SSSR count). The van der Waals surface area contributed by atoms with Crippen molar-refractivity contribution >= 4 is 102 Å².